The Labute approximate surface area is 124 Å². The van der Waals surface area contributed by atoms with Crippen molar-refractivity contribution in [3.63, 3.8) is 0 Å². The zero-order chi connectivity index (χ0) is 16.3. The van der Waals surface area contributed by atoms with Crippen LogP contribution in [0.1, 0.15) is 16.7 Å². The van der Waals surface area contributed by atoms with E-state index >= 15 is 0 Å². The van der Waals surface area contributed by atoms with Crippen LogP contribution in [-0.4, -0.2) is 6.36 Å². The molecule has 0 amide bonds. The lowest BCUT2D eigenvalue weighted by Crippen LogP contribution is -2.18. The Morgan fingerprint density at radius 3 is 2.36 bits per heavy atom. The molecule has 0 aliphatic heterocycles. The molecule has 2 aromatic carbocycles. The quantitative estimate of drug-likeness (QED) is 0.839. The Hall–Kier alpha value is -2.99. The van der Waals surface area contributed by atoms with Crippen LogP contribution in [0.5, 0.6) is 5.75 Å². The number of hydrogen-bond acceptors (Lipinski definition) is 3. The second kappa shape index (κ2) is 5.79. The molecule has 0 unspecified atom stereocenters. The average Bonchev–Trinajstić information content (AvgIpc) is 2.46. The third-order valence-corrected chi connectivity index (χ3v) is 2.92. The lowest BCUT2D eigenvalue weighted by Gasteiger charge is -2.16. The number of hydrogen-bond donors (Lipinski definition) is 0. The van der Waals surface area contributed by atoms with Crippen LogP contribution in [0.3, 0.4) is 0 Å². The fourth-order valence-corrected chi connectivity index (χ4v) is 2.04. The van der Waals surface area contributed by atoms with Crippen LogP contribution >= 0.6 is 0 Å². The van der Waals surface area contributed by atoms with Crippen LogP contribution < -0.4 is 4.74 Å². The molecule has 0 fully saturated rings. The second-order valence-electron chi connectivity index (χ2n) is 4.40. The molecule has 2 rings (SSSR count). The maximum absolute atomic E-state index is 12.6. The number of halogens is 3. The summed E-state index contributed by atoms with van der Waals surface area (Å²) in [6.45, 7) is 1.66. The molecule has 0 atom stereocenters. The Bertz CT molecular complexity index is 799. The average molecular weight is 301 g/mol. The molecule has 109 valence electrons. The van der Waals surface area contributed by atoms with Gasteiger partial charge in [0.25, 0.3) is 0 Å². The van der Waals surface area contributed by atoms with Gasteiger partial charge in [0.1, 0.15) is 11.6 Å². The zero-order valence-corrected chi connectivity index (χ0v) is 11.3. The van der Waals surface area contributed by atoms with Gasteiger partial charge < -0.3 is 4.74 Å². The Morgan fingerprint density at radius 2 is 1.82 bits per heavy atom. The summed E-state index contributed by atoms with van der Waals surface area (Å²) in [6.07, 6.45) is -4.92. The first-order chi connectivity index (χ1) is 10.4. The molecule has 0 N–H and O–H groups in total. The molecule has 0 saturated carbocycles. The summed E-state index contributed by atoms with van der Waals surface area (Å²) >= 11 is 0. The standard InChI is InChI=1S/C16H8F3N2O/c1-10-7-11(8-20)5-6-13(10)14-4-2-3-12(9-21)15(14)22-16(17,18)19/h2,4-7H,1H3. The smallest absolute Gasteiger partial charge is 0.404 e. The summed E-state index contributed by atoms with van der Waals surface area (Å²) < 4.78 is 41.8. The Morgan fingerprint density at radius 1 is 1.09 bits per heavy atom. The van der Waals surface area contributed by atoms with E-state index in [-0.39, 0.29) is 11.1 Å². The lowest BCUT2D eigenvalue weighted by atomic mass is 9.96. The van der Waals surface area contributed by atoms with E-state index in [0.29, 0.717) is 16.7 Å². The van der Waals surface area contributed by atoms with Crippen molar-refractivity contribution in [2.75, 3.05) is 0 Å². The third kappa shape index (κ3) is 3.18. The first-order valence-corrected chi connectivity index (χ1v) is 6.07. The van der Waals surface area contributed by atoms with E-state index in [1.54, 1.807) is 19.1 Å². The number of benzene rings is 2. The van der Waals surface area contributed by atoms with E-state index in [9.17, 15) is 13.2 Å². The predicted octanol–water partition coefficient (Wildman–Crippen LogP) is 4.10. The van der Waals surface area contributed by atoms with Crippen LogP contribution in [0.25, 0.3) is 11.1 Å². The monoisotopic (exact) mass is 301 g/mol. The van der Waals surface area contributed by atoms with Gasteiger partial charge in [-0.05, 0) is 36.2 Å². The molecular weight excluding hydrogens is 293 g/mol. The second-order valence-corrected chi connectivity index (χ2v) is 4.40. The van der Waals surface area contributed by atoms with E-state index in [2.05, 4.69) is 10.8 Å². The molecule has 0 spiro atoms. The topological polar surface area (TPSA) is 56.8 Å². The summed E-state index contributed by atoms with van der Waals surface area (Å²) in [5.74, 6) is -0.592. The molecule has 6 heteroatoms. The van der Waals surface area contributed by atoms with E-state index in [1.165, 1.54) is 24.3 Å². The number of ether oxygens (including phenoxy) is 1. The van der Waals surface area contributed by atoms with Gasteiger partial charge in [0, 0.05) is 11.6 Å². The summed E-state index contributed by atoms with van der Waals surface area (Å²) in [4.78, 5) is 0. The lowest BCUT2D eigenvalue weighted by molar-refractivity contribution is -0.274. The first-order valence-electron chi connectivity index (χ1n) is 6.07. The highest BCUT2D eigenvalue weighted by molar-refractivity contribution is 5.76. The molecule has 22 heavy (non-hydrogen) atoms. The van der Waals surface area contributed by atoms with Gasteiger partial charge >= 0.3 is 6.36 Å². The molecule has 3 nitrogen and oxygen atoms in total. The van der Waals surface area contributed by atoms with Gasteiger partial charge in [-0.15, -0.1) is 13.2 Å². The number of rotatable bonds is 2. The summed E-state index contributed by atoms with van der Waals surface area (Å²) in [5, 5.41) is 17.8. The normalized spacial score (nSPS) is 10.6. The van der Waals surface area contributed by atoms with Crippen molar-refractivity contribution >= 4 is 0 Å². The maximum atomic E-state index is 12.6. The minimum atomic E-state index is -4.92. The van der Waals surface area contributed by atoms with Gasteiger partial charge in [-0.25, -0.2) is 0 Å². The summed E-state index contributed by atoms with van der Waals surface area (Å²) in [7, 11) is 0. The first kappa shape index (κ1) is 15.4. The minimum Gasteiger partial charge on any atom is -0.404 e. The van der Waals surface area contributed by atoms with Crippen LogP contribution in [0.2, 0.25) is 0 Å². The third-order valence-electron chi connectivity index (χ3n) is 2.92. The number of alkyl halides is 3. The zero-order valence-electron chi connectivity index (χ0n) is 11.3. The maximum Gasteiger partial charge on any atom is 0.573 e. The Kier molecular flexibility index (Phi) is 4.05. The number of aryl methyl sites for hydroxylation is 1. The molecule has 1 radical (unpaired) electrons. The fourth-order valence-electron chi connectivity index (χ4n) is 2.04. The van der Waals surface area contributed by atoms with Crippen LogP contribution in [0.15, 0.2) is 30.3 Å². The number of nitriles is 2. The van der Waals surface area contributed by atoms with Crippen LogP contribution in [0, 0.1) is 35.7 Å². The van der Waals surface area contributed by atoms with Crippen molar-refractivity contribution in [2.24, 2.45) is 0 Å². The molecular formula is C16H8F3N2O. The minimum absolute atomic E-state index is 0.120. The van der Waals surface area contributed by atoms with Gasteiger partial charge in [0.05, 0.1) is 11.6 Å². The molecule has 0 heterocycles. The van der Waals surface area contributed by atoms with E-state index in [4.69, 9.17) is 10.5 Å². The van der Waals surface area contributed by atoms with E-state index < -0.39 is 12.1 Å². The molecule has 0 aliphatic carbocycles. The highest BCUT2D eigenvalue weighted by atomic mass is 19.4. The van der Waals surface area contributed by atoms with Gasteiger partial charge in [-0.2, -0.15) is 10.5 Å². The van der Waals surface area contributed by atoms with Crippen LogP contribution in [-0.2, 0) is 0 Å². The highest BCUT2D eigenvalue weighted by Gasteiger charge is 2.33. The largest absolute Gasteiger partial charge is 0.573 e. The van der Waals surface area contributed by atoms with Crippen molar-refractivity contribution in [1.82, 2.24) is 0 Å². The van der Waals surface area contributed by atoms with Crippen molar-refractivity contribution in [1.29, 1.82) is 10.5 Å². The van der Waals surface area contributed by atoms with Gasteiger partial charge in [-0.1, -0.05) is 12.1 Å². The number of nitrogens with zero attached hydrogens (tertiary/aromatic N) is 2. The van der Waals surface area contributed by atoms with Gasteiger partial charge in [0.15, 0.2) is 5.75 Å². The molecule has 2 aromatic rings. The van der Waals surface area contributed by atoms with Crippen molar-refractivity contribution in [3.8, 4) is 29.0 Å². The fraction of sp³-hybridized carbons (Fsp3) is 0.125. The highest BCUT2D eigenvalue weighted by Crippen LogP contribution is 2.37. The Balaban J connectivity index is 2.66. The summed E-state index contributed by atoms with van der Waals surface area (Å²) in [5.41, 5.74) is 1.22. The van der Waals surface area contributed by atoms with Crippen molar-refractivity contribution in [2.45, 2.75) is 13.3 Å². The van der Waals surface area contributed by atoms with Crippen molar-refractivity contribution in [3.05, 3.63) is 53.1 Å². The molecule has 0 bridgehead atoms. The molecule has 0 aliphatic rings. The van der Waals surface area contributed by atoms with Gasteiger partial charge in [0.2, 0.25) is 0 Å². The van der Waals surface area contributed by atoms with E-state index in [0.717, 1.165) is 0 Å². The van der Waals surface area contributed by atoms with Gasteiger partial charge in [-0.3, -0.25) is 0 Å². The van der Waals surface area contributed by atoms with Crippen LogP contribution in [0.4, 0.5) is 13.2 Å². The molecule has 0 aromatic heterocycles. The predicted molar refractivity (Wildman–Crippen MR) is 71.6 cm³/mol. The van der Waals surface area contributed by atoms with Crippen molar-refractivity contribution < 1.29 is 17.9 Å². The summed E-state index contributed by atoms with van der Waals surface area (Å²) in [6, 6.07) is 13.3. The SMILES string of the molecule is Cc1cc(C#N)ccc1-c1cc[c]c(C#N)c1OC(F)(F)F. The van der Waals surface area contributed by atoms with E-state index in [1.807, 2.05) is 6.07 Å². The molecule has 0 saturated heterocycles.